The first-order valence-corrected chi connectivity index (χ1v) is 7.31. The lowest BCUT2D eigenvalue weighted by Gasteiger charge is -2.42. The molecule has 0 saturated heterocycles. The van der Waals surface area contributed by atoms with E-state index >= 15 is 0 Å². The molecule has 0 spiro atoms. The number of hydrogen-bond donors (Lipinski definition) is 2. The zero-order valence-corrected chi connectivity index (χ0v) is 12.9. The Morgan fingerprint density at radius 2 is 2.05 bits per heavy atom. The first-order chi connectivity index (χ1) is 8.91. The molecule has 112 valence electrons. The second kappa shape index (κ2) is 7.22. The first kappa shape index (κ1) is 16.4. The molecule has 0 bridgehead atoms. The number of nitrogens with one attached hydrogen (secondary N) is 1. The van der Waals surface area contributed by atoms with Crippen molar-refractivity contribution in [1.82, 2.24) is 15.1 Å². The van der Waals surface area contributed by atoms with Crippen molar-refractivity contribution in [3.8, 4) is 0 Å². The zero-order chi connectivity index (χ0) is 14.5. The highest BCUT2D eigenvalue weighted by Crippen LogP contribution is 2.30. The van der Waals surface area contributed by atoms with Crippen LogP contribution in [0.4, 0.5) is 0 Å². The predicted molar refractivity (Wildman–Crippen MR) is 79.0 cm³/mol. The number of likely N-dealkylation sites (N-methyl/N-ethyl adjacent to an activating group) is 3. The fraction of sp³-hybridized carbons (Fsp3) is 0.929. The van der Waals surface area contributed by atoms with E-state index in [1.807, 2.05) is 6.92 Å². The van der Waals surface area contributed by atoms with Crippen LogP contribution in [0, 0.1) is 0 Å². The lowest BCUT2D eigenvalue weighted by Crippen LogP contribution is -2.60. The van der Waals surface area contributed by atoms with Gasteiger partial charge in [0, 0.05) is 19.1 Å². The highest BCUT2D eigenvalue weighted by atomic mass is 16.1. The third kappa shape index (κ3) is 4.44. The Labute approximate surface area is 117 Å². The summed E-state index contributed by atoms with van der Waals surface area (Å²) < 4.78 is 0. The molecule has 0 radical (unpaired) electrons. The van der Waals surface area contributed by atoms with E-state index in [0.29, 0.717) is 6.04 Å². The van der Waals surface area contributed by atoms with E-state index in [0.717, 1.165) is 45.3 Å². The van der Waals surface area contributed by atoms with Crippen LogP contribution in [0.5, 0.6) is 0 Å². The van der Waals surface area contributed by atoms with Gasteiger partial charge in [-0.25, -0.2) is 0 Å². The maximum absolute atomic E-state index is 11.8. The molecule has 5 nitrogen and oxygen atoms in total. The summed E-state index contributed by atoms with van der Waals surface area (Å²) in [4.78, 5) is 16.4. The summed E-state index contributed by atoms with van der Waals surface area (Å²) >= 11 is 0. The Bertz CT molecular complexity index is 291. The molecule has 1 amide bonds. The second-order valence-corrected chi connectivity index (χ2v) is 6.01. The summed E-state index contributed by atoms with van der Waals surface area (Å²) in [5.74, 6) is -0.194. The van der Waals surface area contributed by atoms with Crippen LogP contribution >= 0.6 is 0 Å². The topological polar surface area (TPSA) is 61.6 Å². The van der Waals surface area contributed by atoms with Crippen LogP contribution in [-0.2, 0) is 4.79 Å². The summed E-state index contributed by atoms with van der Waals surface area (Å²) in [5.41, 5.74) is 5.15. The van der Waals surface area contributed by atoms with Crippen molar-refractivity contribution in [2.24, 2.45) is 5.73 Å². The van der Waals surface area contributed by atoms with E-state index in [1.54, 1.807) is 0 Å². The van der Waals surface area contributed by atoms with Gasteiger partial charge in [-0.05, 0) is 53.4 Å². The van der Waals surface area contributed by atoms with Gasteiger partial charge in [-0.3, -0.25) is 4.79 Å². The van der Waals surface area contributed by atoms with Gasteiger partial charge in [-0.15, -0.1) is 0 Å². The van der Waals surface area contributed by atoms with Crippen molar-refractivity contribution >= 4 is 5.91 Å². The highest BCUT2D eigenvalue weighted by molar-refractivity contribution is 5.84. The number of nitrogens with zero attached hydrogens (tertiary/aromatic N) is 2. The van der Waals surface area contributed by atoms with Gasteiger partial charge < -0.3 is 20.9 Å². The van der Waals surface area contributed by atoms with Crippen LogP contribution in [0.25, 0.3) is 0 Å². The van der Waals surface area contributed by atoms with E-state index in [-0.39, 0.29) is 5.91 Å². The summed E-state index contributed by atoms with van der Waals surface area (Å²) in [6.07, 6.45) is 3.92. The number of carbonyl (C=O) groups excluding carboxylic acids is 1. The molecule has 1 saturated carbocycles. The average molecular weight is 270 g/mol. The zero-order valence-electron chi connectivity index (χ0n) is 12.9. The van der Waals surface area contributed by atoms with Crippen LogP contribution in [0.15, 0.2) is 0 Å². The molecule has 0 aromatic carbocycles. The van der Waals surface area contributed by atoms with E-state index in [1.165, 1.54) is 0 Å². The number of primary amides is 1. The summed E-state index contributed by atoms with van der Waals surface area (Å²) in [6.45, 7) is 4.89. The number of rotatable bonds is 7. The minimum atomic E-state index is -0.496. The van der Waals surface area contributed by atoms with Crippen LogP contribution in [0.2, 0.25) is 0 Å². The van der Waals surface area contributed by atoms with Crippen molar-refractivity contribution in [3.05, 3.63) is 0 Å². The summed E-state index contributed by atoms with van der Waals surface area (Å²) in [5, 5.41) is 3.34. The Hall–Kier alpha value is -0.650. The van der Waals surface area contributed by atoms with Crippen LogP contribution in [0.1, 0.15) is 32.6 Å². The molecule has 3 N–H and O–H groups in total. The molecule has 1 fully saturated rings. The van der Waals surface area contributed by atoms with Crippen molar-refractivity contribution in [2.75, 3.05) is 40.8 Å². The van der Waals surface area contributed by atoms with Crippen LogP contribution in [0.3, 0.4) is 0 Å². The van der Waals surface area contributed by atoms with E-state index in [2.05, 4.69) is 36.3 Å². The molecule has 0 heterocycles. The molecule has 0 aromatic rings. The monoisotopic (exact) mass is 270 g/mol. The lowest BCUT2D eigenvalue weighted by molar-refractivity contribution is -0.126. The minimum Gasteiger partial charge on any atom is -0.368 e. The number of carbonyl (C=O) groups is 1. The standard InChI is InChI=1S/C14H30N4O/c1-5-16-14(13(15)19)8-6-7-12(11-14)18(4)10-9-17(2)3/h12,16H,5-11H2,1-4H3,(H2,15,19). The fourth-order valence-electron chi connectivity index (χ4n) is 2.97. The quantitative estimate of drug-likeness (QED) is 0.696. The van der Waals surface area contributed by atoms with E-state index in [4.69, 9.17) is 5.73 Å². The molecule has 0 aromatic heterocycles. The van der Waals surface area contributed by atoms with Gasteiger partial charge in [-0.2, -0.15) is 0 Å². The van der Waals surface area contributed by atoms with Gasteiger partial charge in [0.2, 0.25) is 5.91 Å². The molecule has 2 atom stereocenters. The molecule has 5 heteroatoms. The summed E-state index contributed by atoms with van der Waals surface area (Å²) in [6, 6.07) is 0.445. The number of nitrogens with two attached hydrogens (primary N) is 1. The van der Waals surface area contributed by atoms with Crippen LogP contribution < -0.4 is 11.1 Å². The third-order valence-electron chi connectivity index (χ3n) is 4.24. The van der Waals surface area contributed by atoms with Crippen molar-refractivity contribution < 1.29 is 4.79 Å². The van der Waals surface area contributed by atoms with Gasteiger partial charge in [0.25, 0.3) is 0 Å². The van der Waals surface area contributed by atoms with Gasteiger partial charge in [0.05, 0.1) is 5.54 Å². The van der Waals surface area contributed by atoms with Crippen LogP contribution in [-0.4, -0.2) is 68.1 Å². The molecule has 2 unspecified atom stereocenters. The van der Waals surface area contributed by atoms with Gasteiger partial charge in [0.1, 0.15) is 0 Å². The highest BCUT2D eigenvalue weighted by Gasteiger charge is 2.41. The van der Waals surface area contributed by atoms with Gasteiger partial charge >= 0.3 is 0 Å². The molecular formula is C14H30N4O. The van der Waals surface area contributed by atoms with Gasteiger partial charge in [-0.1, -0.05) is 6.92 Å². The predicted octanol–water partition coefficient (Wildman–Crippen LogP) is 0.256. The third-order valence-corrected chi connectivity index (χ3v) is 4.24. The second-order valence-electron chi connectivity index (χ2n) is 6.01. The van der Waals surface area contributed by atoms with E-state index in [9.17, 15) is 4.79 Å². The molecule has 1 aliphatic carbocycles. The molecule has 19 heavy (non-hydrogen) atoms. The minimum absolute atomic E-state index is 0.194. The van der Waals surface area contributed by atoms with Crippen molar-refractivity contribution in [3.63, 3.8) is 0 Å². The van der Waals surface area contributed by atoms with Crippen molar-refractivity contribution in [1.29, 1.82) is 0 Å². The smallest absolute Gasteiger partial charge is 0.237 e. The molecule has 0 aliphatic heterocycles. The number of hydrogen-bond acceptors (Lipinski definition) is 4. The first-order valence-electron chi connectivity index (χ1n) is 7.31. The number of amides is 1. The summed E-state index contributed by atoms with van der Waals surface area (Å²) in [7, 11) is 6.32. The lowest BCUT2D eigenvalue weighted by atomic mass is 9.78. The van der Waals surface area contributed by atoms with E-state index < -0.39 is 5.54 Å². The maximum atomic E-state index is 11.8. The maximum Gasteiger partial charge on any atom is 0.237 e. The Morgan fingerprint density at radius 1 is 1.37 bits per heavy atom. The Kier molecular flexibility index (Phi) is 6.23. The Morgan fingerprint density at radius 3 is 2.58 bits per heavy atom. The van der Waals surface area contributed by atoms with Crippen molar-refractivity contribution in [2.45, 2.75) is 44.2 Å². The molecular weight excluding hydrogens is 240 g/mol. The molecule has 1 rings (SSSR count). The average Bonchev–Trinajstić information content (AvgIpc) is 2.36. The molecule has 1 aliphatic rings. The largest absolute Gasteiger partial charge is 0.368 e. The SMILES string of the molecule is CCNC1(C(N)=O)CCCC(N(C)CCN(C)C)C1. The Balaban J connectivity index is 2.63. The fourth-order valence-corrected chi connectivity index (χ4v) is 2.97. The normalized spacial score (nSPS) is 28.0. The van der Waals surface area contributed by atoms with Gasteiger partial charge in [0.15, 0.2) is 0 Å².